The van der Waals surface area contributed by atoms with Crippen LogP contribution in [0.2, 0.25) is 0 Å². The fourth-order valence-corrected chi connectivity index (χ4v) is 3.76. The van der Waals surface area contributed by atoms with E-state index < -0.39 is 51.6 Å². The van der Waals surface area contributed by atoms with Crippen LogP contribution in [-0.2, 0) is 15.7 Å². The summed E-state index contributed by atoms with van der Waals surface area (Å²) < 4.78 is 59.5. The molecule has 0 aromatic heterocycles. The van der Waals surface area contributed by atoms with Gasteiger partial charge in [-0.15, -0.1) is 0 Å². The van der Waals surface area contributed by atoms with Crippen molar-refractivity contribution in [1.29, 1.82) is 0 Å². The van der Waals surface area contributed by atoms with Gasteiger partial charge < -0.3 is 24.0 Å². The maximum absolute atomic E-state index is 14.4. The molecule has 1 aliphatic rings. The molecule has 0 radical (unpaired) electrons. The number of nitrogens with zero attached hydrogens (tertiary/aromatic N) is 3. The third-order valence-corrected chi connectivity index (χ3v) is 5.21. The molecular weight excluding hydrogens is 483 g/mol. The van der Waals surface area contributed by atoms with Crippen molar-refractivity contribution < 1.29 is 37.1 Å². The standard InChI is InChI=1S/C24H28F3N3O6/c1-23(2,3)36-22(31)28(4)14-17-15-29(12-13-34-17)21-18(30(32)33)10-11-19(20(21)24(25,26)27)35-16-8-6-5-7-9-16/h5-11,17H,12-15H2,1-4H3/t17-/m0/s1. The normalized spacial score (nSPS) is 16.4. The van der Waals surface area contributed by atoms with Gasteiger partial charge in [0.2, 0.25) is 0 Å². The molecule has 36 heavy (non-hydrogen) atoms. The first-order valence-corrected chi connectivity index (χ1v) is 11.2. The van der Waals surface area contributed by atoms with E-state index in [-0.39, 0.29) is 32.0 Å². The second kappa shape index (κ2) is 10.6. The summed E-state index contributed by atoms with van der Waals surface area (Å²) in [6, 6.07) is 9.80. The number of rotatable bonds is 6. The summed E-state index contributed by atoms with van der Waals surface area (Å²) in [7, 11) is 1.48. The highest BCUT2D eigenvalue weighted by Crippen LogP contribution is 2.48. The Labute approximate surface area is 206 Å². The first-order chi connectivity index (χ1) is 16.8. The third kappa shape index (κ3) is 6.78. The summed E-state index contributed by atoms with van der Waals surface area (Å²) >= 11 is 0. The number of amides is 1. The van der Waals surface area contributed by atoms with E-state index in [9.17, 15) is 28.1 Å². The molecule has 1 fully saturated rings. The fourth-order valence-electron chi connectivity index (χ4n) is 3.76. The minimum atomic E-state index is -4.95. The molecule has 0 N–H and O–H groups in total. The number of para-hydroxylation sites is 1. The van der Waals surface area contributed by atoms with E-state index >= 15 is 0 Å². The third-order valence-electron chi connectivity index (χ3n) is 5.21. The van der Waals surface area contributed by atoms with Gasteiger partial charge in [0.1, 0.15) is 28.4 Å². The Morgan fingerprint density at radius 2 is 1.86 bits per heavy atom. The van der Waals surface area contributed by atoms with E-state index in [1.807, 2.05) is 0 Å². The predicted molar refractivity (Wildman–Crippen MR) is 125 cm³/mol. The molecule has 0 aliphatic carbocycles. The molecule has 1 amide bonds. The van der Waals surface area contributed by atoms with Crippen LogP contribution in [-0.4, -0.2) is 60.9 Å². The lowest BCUT2D eigenvalue weighted by molar-refractivity contribution is -0.384. The number of hydrogen-bond donors (Lipinski definition) is 0. The molecule has 1 aliphatic heterocycles. The first kappa shape index (κ1) is 27.1. The molecule has 2 aromatic carbocycles. The van der Waals surface area contributed by atoms with E-state index in [0.717, 1.165) is 12.1 Å². The van der Waals surface area contributed by atoms with Gasteiger partial charge in [0.15, 0.2) is 0 Å². The number of carbonyl (C=O) groups is 1. The van der Waals surface area contributed by atoms with Crippen LogP contribution in [0.3, 0.4) is 0 Å². The average Bonchev–Trinajstić information content (AvgIpc) is 2.77. The second-order valence-electron chi connectivity index (χ2n) is 9.28. The van der Waals surface area contributed by atoms with E-state index in [0.29, 0.717) is 0 Å². The number of hydrogen-bond acceptors (Lipinski definition) is 7. The van der Waals surface area contributed by atoms with Gasteiger partial charge in [-0.2, -0.15) is 13.2 Å². The molecular formula is C24H28F3N3O6. The Bertz CT molecular complexity index is 1090. The van der Waals surface area contributed by atoms with Crippen molar-refractivity contribution in [2.24, 2.45) is 0 Å². The van der Waals surface area contributed by atoms with Crippen LogP contribution in [0.5, 0.6) is 11.5 Å². The van der Waals surface area contributed by atoms with E-state index in [1.54, 1.807) is 39.0 Å². The number of nitro benzene ring substituents is 1. The molecule has 1 atom stereocenters. The number of alkyl halides is 3. The van der Waals surface area contributed by atoms with Crippen molar-refractivity contribution in [2.75, 3.05) is 38.2 Å². The van der Waals surface area contributed by atoms with Crippen molar-refractivity contribution >= 4 is 17.5 Å². The molecule has 1 heterocycles. The molecule has 0 unspecified atom stereocenters. The number of benzene rings is 2. The Hall–Kier alpha value is -3.54. The largest absolute Gasteiger partial charge is 0.457 e. The SMILES string of the molecule is CN(C[C@H]1CN(c2c([N+](=O)[O-])ccc(Oc3ccccc3)c2C(F)(F)F)CCO1)C(=O)OC(C)(C)C. The summed E-state index contributed by atoms with van der Waals surface area (Å²) in [6.45, 7) is 5.00. The fraction of sp³-hybridized carbons (Fsp3) is 0.458. The van der Waals surface area contributed by atoms with Crippen LogP contribution in [0.1, 0.15) is 26.3 Å². The molecule has 196 valence electrons. The van der Waals surface area contributed by atoms with Gasteiger partial charge in [0.05, 0.1) is 24.2 Å². The predicted octanol–water partition coefficient (Wildman–Crippen LogP) is 5.48. The second-order valence-corrected chi connectivity index (χ2v) is 9.28. The molecule has 9 nitrogen and oxygen atoms in total. The lowest BCUT2D eigenvalue weighted by Crippen LogP contribution is -2.49. The number of carbonyl (C=O) groups excluding carboxylic acids is 1. The van der Waals surface area contributed by atoms with Crippen LogP contribution in [0, 0.1) is 10.1 Å². The minimum absolute atomic E-state index is 0.00501. The van der Waals surface area contributed by atoms with E-state index in [2.05, 4.69) is 0 Å². The van der Waals surface area contributed by atoms with Gasteiger partial charge in [-0.1, -0.05) is 18.2 Å². The van der Waals surface area contributed by atoms with Gasteiger partial charge in [0, 0.05) is 26.2 Å². The van der Waals surface area contributed by atoms with Gasteiger partial charge >= 0.3 is 12.3 Å². The van der Waals surface area contributed by atoms with Crippen molar-refractivity contribution in [2.45, 2.75) is 38.7 Å². The van der Waals surface area contributed by atoms with Crippen LogP contribution < -0.4 is 9.64 Å². The van der Waals surface area contributed by atoms with Crippen molar-refractivity contribution in [3.05, 3.63) is 58.1 Å². The number of anilines is 1. The Morgan fingerprint density at radius 1 is 1.19 bits per heavy atom. The maximum Gasteiger partial charge on any atom is 0.422 e. The quantitative estimate of drug-likeness (QED) is 0.375. The average molecular weight is 511 g/mol. The zero-order valence-electron chi connectivity index (χ0n) is 20.4. The zero-order valence-corrected chi connectivity index (χ0v) is 20.4. The summed E-state index contributed by atoms with van der Waals surface area (Å²) in [5.74, 6) is -0.398. The topological polar surface area (TPSA) is 94.4 Å². The number of morpholine rings is 1. The first-order valence-electron chi connectivity index (χ1n) is 11.2. The van der Waals surface area contributed by atoms with Crippen molar-refractivity contribution in [3.8, 4) is 11.5 Å². The monoisotopic (exact) mass is 511 g/mol. The highest BCUT2D eigenvalue weighted by molar-refractivity contribution is 5.73. The Kier molecular flexibility index (Phi) is 7.97. The zero-order chi connectivity index (χ0) is 26.7. The summed E-state index contributed by atoms with van der Waals surface area (Å²) in [5.41, 5.74) is -3.29. The van der Waals surface area contributed by atoms with E-state index in [4.69, 9.17) is 14.2 Å². The lowest BCUT2D eigenvalue weighted by Gasteiger charge is -2.37. The minimum Gasteiger partial charge on any atom is -0.457 e. The Balaban J connectivity index is 1.96. The van der Waals surface area contributed by atoms with Gasteiger partial charge in [-0.3, -0.25) is 10.1 Å². The highest BCUT2D eigenvalue weighted by atomic mass is 19.4. The van der Waals surface area contributed by atoms with Crippen molar-refractivity contribution in [1.82, 2.24) is 4.90 Å². The Morgan fingerprint density at radius 3 is 2.44 bits per heavy atom. The number of nitro groups is 1. The van der Waals surface area contributed by atoms with E-state index in [1.165, 1.54) is 29.0 Å². The highest BCUT2D eigenvalue weighted by Gasteiger charge is 2.43. The number of halogens is 3. The molecule has 2 aromatic rings. The molecule has 0 spiro atoms. The maximum atomic E-state index is 14.4. The molecule has 0 bridgehead atoms. The summed E-state index contributed by atoms with van der Waals surface area (Å²) in [6.07, 6.45) is -6.29. The van der Waals surface area contributed by atoms with Gasteiger partial charge in [0.25, 0.3) is 5.69 Å². The van der Waals surface area contributed by atoms with Crippen molar-refractivity contribution in [3.63, 3.8) is 0 Å². The van der Waals surface area contributed by atoms with Gasteiger partial charge in [-0.05, 0) is 39.0 Å². The van der Waals surface area contributed by atoms with Crippen LogP contribution >= 0.6 is 0 Å². The molecule has 12 heteroatoms. The van der Waals surface area contributed by atoms with Crippen LogP contribution in [0.4, 0.5) is 29.3 Å². The molecule has 1 saturated heterocycles. The number of ether oxygens (including phenoxy) is 3. The van der Waals surface area contributed by atoms with Crippen LogP contribution in [0.15, 0.2) is 42.5 Å². The summed E-state index contributed by atoms with van der Waals surface area (Å²) in [5, 5.41) is 11.8. The smallest absolute Gasteiger partial charge is 0.422 e. The lowest BCUT2D eigenvalue weighted by atomic mass is 10.1. The number of likely N-dealkylation sites (N-methyl/N-ethyl adjacent to an activating group) is 1. The summed E-state index contributed by atoms with van der Waals surface area (Å²) in [4.78, 5) is 25.7. The molecule has 3 rings (SSSR count). The van der Waals surface area contributed by atoms with Crippen LogP contribution in [0.25, 0.3) is 0 Å². The van der Waals surface area contributed by atoms with Gasteiger partial charge in [-0.25, -0.2) is 4.79 Å². The molecule has 0 saturated carbocycles.